The van der Waals surface area contributed by atoms with Crippen molar-refractivity contribution in [1.82, 2.24) is 15.3 Å². The lowest BCUT2D eigenvalue weighted by molar-refractivity contribution is -0.403. The molecule has 3 N–H and O–H groups in total. The highest BCUT2D eigenvalue weighted by Gasteiger charge is 2.08. The van der Waals surface area contributed by atoms with Crippen molar-refractivity contribution < 1.29 is 9.85 Å². The van der Waals surface area contributed by atoms with Gasteiger partial charge in [0.25, 0.3) is 12.4 Å². The SMILES string of the molecule is CCC(C)N/C(=C\[N+](=O)[O-])Cc1ccc(Cl)nc1.N/C(=C\[N+](=O)[O-])Cc1ccc(Cl)nc1. The van der Waals surface area contributed by atoms with Gasteiger partial charge >= 0.3 is 0 Å². The number of nitrogens with one attached hydrogen (secondary N) is 1. The molecule has 32 heavy (non-hydrogen) atoms. The van der Waals surface area contributed by atoms with Crippen molar-refractivity contribution in [2.75, 3.05) is 0 Å². The first-order chi connectivity index (χ1) is 15.1. The Morgan fingerprint density at radius 1 is 1.03 bits per heavy atom. The summed E-state index contributed by atoms with van der Waals surface area (Å²) in [4.78, 5) is 27.4. The maximum Gasteiger partial charge on any atom is 0.253 e. The first kappa shape index (κ1) is 26.8. The Labute approximate surface area is 195 Å². The monoisotopic (exact) mass is 482 g/mol. The second-order valence-electron chi connectivity index (χ2n) is 6.71. The zero-order valence-electron chi connectivity index (χ0n) is 17.6. The second-order valence-corrected chi connectivity index (χ2v) is 7.49. The fraction of sp³-hybridized carbons (Fsp3) is 0.300. The molecule has 0 amide bonds. The molecule has 0 aliphatic rings. The molecule has 10 nitrogen and oxygen atoms in total. The summed E-state index contributed by atoms with van der Waals surface area (Å²) in [5.41, 5.74) is 7.81. The van der Waals surface area contributed by atoms with E-state index in [1.807, 2.05) is 13.8 Å². The van der Waals surface area contributed by atoms with Crippen LogP contribution in [0.1, 0.15) is 31.4 Å². The van der Waals surface area contributed by atoms with Crippen molar-refractivity contribution in [3.05, 3.63) is 102 Å². The van der Waals surface area contributed by atoms with Gasteiger partial charge in [-0.2, -0.15) is 0 Å². The molecule has 2 heterocycles. The third-order valence-electron chi connectivity index (χ3n) is 3.96. The number of nitro groups is 2. The van der Waals surface area contributed by atoms with Crippen molar-refractivity contribution in [1.29, 1.82) is 0 Å². The van der Waals surface area contributed by atoms with Gasteiger partial charge in [-0.05, 0) is 36.6 Å². The fourth-order valence-corrected chi connectivity index (χ4v) is 2.56. The lowest BCUT2D eigenvalue weighted by Crippen LogP contribution is -2.26. The number of pyridine rings is 2. The topological polar surface area (TPSA) is 150 Å². The van der Waals surface area contributed by atoms with Crippen LogP contribution in [-0.4, -0.2) is 25.9 Å². The highest BCUT2D eigenvalue weighted by atomic mass is 35.5. The van der Waals surface area contributed by atoms with E-state index in [0.29, 0.717) is 28.8 Å². The average molecular weight is 483 g/mol. The minimum atomic E-state index is -0.585. The van der Waals surface area contributed by atoms with E-state index in [1.165, 1.54) is 6.20 Å². The Morgan fingerprint density at radius 3 is 1.94 bits per heavy atom. The van der Waals surface area contributed by atoms with Crippen LogP contribution in [0.15, 0.2) is 60.5 Å². The Balaban J connectivity index is 0.000000330. The maximum atomic E-state index is 10.6. The molecule has 0 spiro atoms. The van der Waals surface area contributed by atoms with Crippen molar-refractivity contribution >= 4 is 23.2 Å². The van der Waals surface area contributed by atoms with Crippen LogP contribution in [-0.2, 0) is 12.8 Å². The lowest BCUT2D eigenvalue weighted by Gasteiger charge is -2.14. The van der Waals surface area contributed by atoms with Gasteiger partial charge in [0.1, 0.15) is 10.3 Å². The number of nitrogens with zero attached hydrogens (tertiary/aromatic N) is 4. The summed E-state index contributed by atoms with van der Waals surface area (Å²) in [5, 5.41) is 24.6. The third kappa shape index (κ3) is 11.8. The lowest BCUT2D eigenvalue weighted by atomic mass is 10.1. The van der Waals surface area contributed by atoms with Crippen molar-refractivity contribution in [2.45, 2.75) is 39.2 Å². The molecule has 2 aromatic heterocycles. The van der Waals surface area contributed by atoms with Crippen LogP contribution in [0.5, 0.6) is 0 Å². The molecule has 172 valence electrons. The molecule has 12 heteroatoms. The molecular weight excluding hydrogens is 459 g/mol. The van der Waals surface area contributed by atoms with Gasteiger partial charge in [0.15, 0.2) is 0 Å². The van der Waals surface area contributed by atoms with Gasteiger partial charge in [0.2, 0.25) is 0 Å². The van der Waals surface area contributed by atoms with Gasteiger partial charge in [0.05, 0.1) is 21.2 Å². The summed E-state index contributed by atoms with van der Waals surface area (Å²) in [6, 6.07) is 6.99. The van der Waals surface area contributed by atoms with Crippen molar-refractivity contribution in [3.8, 4) is 0 Å². The van der Waals surface area contributed by atoms with Crippen LogP contribution < -0.4 is 11.1 Å². The van der Waals surface area contributed by atoms with E-state index in [2.05, 4.69) is 15.3 Å². The number of aromatic nitrogens is 2. The first-order valence-corrected chi connectivity index (χ1v) is 10.3. The Morgan fingerprint density at radius 2 is 1.53 bits per heavy atom. The van der Waals surface area contributed by atoms with Gasteiger partial charge in [-0.3, -0.25) is 20.2 Å². The quantitative estimate of drug-likeness (QED) is 0.307. The molecule has 0 aromatic carbocycles. The van der Waals surface area contributed by atoms with Gasteiger partial charge in [0, 0.05) is 31.3 Å². The number of halogens is 2. The predicted octanol–water partition coefficient (Wildman–Crippen LogP) is 4.14. The highest BCUT2D eigenvalue weighted by Crippen LogP contribution is 2.10. The molecule has 1 unspecified atom stereocenters. The van der Waals surface area contributed by atoms with E-state index in [-0.39, 0.29) is 11.7 Å². The molecule has 2 rings (SSSR count). The Kier molecular flexibility index (Phi) is 11.7. The predicted molar refractivity (Wildman–Crippen MR) is 123 cm³/mol. The molecule has 0 bridgehead atoms. The van der Waals surface area contributed by atoms with Gasteiger partial charge in [-0.1, -0.05) is 42.3 Å². The van der Waals surface area contributed by atoms with Crippen LogP contribution in [0.3, 0.4) is 0 Å². The molecule has 0 radical (unpaired) electrons. The molecule has 0 aliphatic heterocycles. The standard InChI is InChI=1S/C12H16ClN3O2.C8H8ClN3O2/c1-3-9(2)15-11(8-16(17)18)6-10-4-5-12(13)14-7-10;9-8-2-1-6(4-11-8)3-7(10)5-12(13)14/h4-5,7-9,15H,3,6H2,1-2H3;1-2,4-5H,3,10H2/b11-8-;7-5-. The molecule has 1 atom stereocenters. The van der Waals surface area contributed by atoms with E-state index in [9.17, 15) is 20.2 Å². The van der Waals surface area contributed by atoms with Gasteiger partial charge in [-0.25, -0.2) is 9.97 Å². The number of rotatable bonds is 9. The Bertz CT molecular complexity index is 950. The van der Waals surface area contributed by atoms with Crippen LogP contribution in [0.2, 0.25) is 10.3 Å². The largest absolute Gasteiger partial charge is 0.397 e. The van der Waals surface area contributed by atoms with E-state index in [1.54, 1.807) is 30.5 Å². The minimum absolute atomic E-state index is 0.180. The normalized spacial score (nSPS) is 12.4. The average Bonchev–Trinajstić information content (AvgIpc) is 2.70. The van der Waals surface area contributed by atoms with Crippen molar-refractivity contribution in [3.63, 3.8) is 0 Å². The van der Waals surface area contributed by atoms with Crippen LogP contribution in [0.4, 0.5) is 0 Å². The van der Waals surface area contributed by atoms with E-state index < -0.39 is 9.85 Å². The third-order valence-corrected chi connectivity index (χ3v) is 4.40. The Hall–Kier alpha value is -3.24. The maximum absolute atomic E-state index is 10.6. The van der Waals surface area contributed by atoms with Gasteiger partial charge < -0.3 is 11.1 Å². The first-order valence-electron chi connectivity index (χ1n) is 9.50. The molecule has 0 saturated carbocycles. The summed E-state index contributed by atoms with van der Waals surface area (Å²) < 4.78 is 0. The number of allylic oxidation sites excluding steroid dienone is 2. The molecule has 0 saturated heterocycles. The van der Waals surface area contributed by atoms with Crippen LogP contribution in [0, 0.1) is 20.2 Å². The summed E-state index contributed by atoms with van der Waals surface area (Å²) in [6.45, 7) is 4.00. The number of nitrogens with two attached hydrogens (primary N) is 1. The van der Waals surface area contributed by atoms with Crippen LogP contribution >= 0.6 is 23.2 Å². The zero-order chi connectivity index (χ0) is 24.1. The molecular formula is C20H24Cl2N6O4. The van der Waals surface area contributed by atoms with Crippen LogP contribution in [0.25, 0.3) is 0 Å². The summed E-state index contributed by atoms with van der Waals surface area (Å²) in [5.74, 6) is 0. The molecule has 0 fully saturated rings. The van der Waals surface area contributed by atoms with E-state index in [0.717, 1.165) is 29.9 Å². The number of hydrogen-bond donors (Lipinski definition) is 2. The zero-order valence-corrected chi connectivity index (χ0v) is 19.1. The minimum Gasteiger partial charge on any atom is -0.397 e. The van der Waals surface area contributed by atoms with Gasteiger partial charge in [-0.15, -0.1) is 0 Å². The molecule has 0 aliphatic carbocycles. The van der Waals surface area contributed by atoms with E-state index >= 15 is 0 Å². The molecule has 2 aromatic rings. The highest BCUT2D eigenvalue weighted by molar-refractivity contribution is 6.29. The number of hydrogen-bond acceptors (Lipinski definition) is 8. The van der Waals surface area contributed by atoms with Crippen molar-refractivity contribution in [2.24, 2.45) is 5.73 Å². The second kappa shape index (κ2) is 13.9. The fourth-order valence-electron chi connectivity index (χ4n) is 2.34. The smallest absolute Gasteiger partial charge is 0.253 e. The summed E-state index contributed by atoms with van der Waals surface area (Å²) in [6.07, 6.45) is 6.56. The summed E-state index contributed by atoms with van der Waals surface area (Å²) >= 11 is 11.3. The summed E-state index contributed by atoms with van der Waals surface area (Å²) in [7, 11) is 0. The van der Waals surface area contributed by atoms with E-state index in [4.69, 9.17) is 28.9 Å².